The van der Waals surface area contributed by atoms with E-state index in [1.165, 1.54) is 22.2 Å². The molecular formula is C15H19ClN2O. The number of fused-ring (bicyclic) bond motifs is 3. The first-order valence-corrected chi connectivity index (χ1v) is 7.28. The molecule has 19 heavy (non-hydrogen) atoms. The maximum absolute atomic E-state index is 8.85. The van der Waals surface area contributed by atoms with Crippen molar-refractivity contribution in [3.05, 3.63) is 34.5 Å². The molecule has 2 aromatic rings. The molecule has 0 atom stereocenters. The van der Waals surface area contributed by atoms with Crippen molar-refractivity contribution in [3.8, 4) is 0 Å². The highest BCUT2D eigenvalue weighted by molar-refractivity contribution is 6.31. The van der Waals surface area contributed by atoms with E-state index in [-0.39, 0.29) is 0 Å². The first-order valence-electron chi connectivity index (χ1n) is 6.90. The van der Waals surface area contributed by atoms with E-state index in [0.717, 1.165) is 43.9 Å². The van der Waals surface area contributed by atoms with Crippen LogP contribution < -0.4 is 0 Å². The second-order valence-corrected chi connectivity index (χ2v) is 5.67. The second-order valence-electron chi connectivity index (χ2n) is 5.23. The molecular weight excluding hydrogens is 260 g/mol. The Kier molecular flexibility index (Phi) is 3.78. The molecule has 0 spiro atoms. The molecule has 1 aliphatic rings. The van der Waals surface area contributed by atoms with Crippen LogP contribution in [0.15, 0.2) is 18.2 Å². The number of hydrogen-bond acceptors (Lipinski definition) is 2. The van der Waals surface area contributed by atoms with Gasteiger partial charge in [0.25, 0.3) is 0 Å². The highest BCUT2D eigenvalue weighted by Crippen LogP contribution is 2.29. The summed E-state index contributed by atoms with van der Waals surface area (Å²) in [6, 6.07) is 6.06. The van der Waals surface area contributed by atoms with Gasteiger partial charge in [-0.15, -0.1) is 0 Å². The van der Waals surface area contributed by atoms with Gasteiger partial charge < -0.3 is 10.1 Å². The summed E-state index contributed by atoms with van der Waals surface area (Å²) >= 11 is 6.10. The van der Waals surface area contributed by atoms with Gasteiger partial charge in [-0.1, -0.05) is 11.6 Å². The lowest BCUT2D eigenvalue weighted by atomic mass is 10.0. The lowest BCUT2D eigenvalue weighted by Crippen LogP contribution is -2.31. The second kappa shape index (κ2) is 5.53. The SMILES string of the molecule is OCCCCN1CCc2[nH]c3ccc(Cl)cc3c2C1. The third-order valence-electron chi connectivity index (χ3n) is 3.90. The van der Waals surface area contributed by atoms with Crippen molar-refractivity contribution in [1.82, 2.24) is 9.88 Å². The molecule has 4 heteroatoms. The largest absolute Gasteiger partial charge is 0.396 e. The van der Waals surface area contributed by atoms with Crippen LogP contribution in [0.2, 0.25) is 5.02 Å². The Morgan fingerprint density at radius 1 is 1.32 bits per heavy atom. The van der Waals surface area contributed by atoms with E-state index in [1.807, 2.05) is 6.07 Å². The number of halogens is 1. The maximum Gasteiger partial charge on any atom is 0.0460 e. The van der Waals surface area contributed by atoms with Crippen LogP contribution in [-0.2, 0) is 13.0 Å². The van der Waals surface area contributed by atoms with Crippen molar-refractivity contribution in [2.24, 2.45) is 0 Å². The summed E-state index contributed by atoms with van der Waals surface area (Å²) in [7, 11) is 0. The summed E-state index contributed by atoms with van der Waals surface area (Å²) in [5.41, 5.74) is 3.94. The zero-order valence-corrected chi connectivity index (χ0v) is 11.7. The smallest absolute Gasteiger partial charge is 0.0460 e. The van der Waals surface area contributed by atoms with Crippen LogP contribution in [0.4, 0.5) is 0 Å². The van der Waals surface area contributed by atoms with E-state index in [4.69, 9.17) is 16.7 Å². The number of aromatic nitrogens is 1. The molecule has 1 aromatic carbocycles. The van der Waals surface area contributed by atoms with Crippen molar-refractivity contribution >= 4 is 22.5 Å². The van der Waals surface area contributed by atoms with Crippen LogP contribution in [0.1, 0.15) is 24.1 Å². The van der Waals surface area contributed by atoms with Crippen LogP contribution in [0.25, 0.3) is 10.9 Å². The van der Waals surface area contributed by atoms with Gasteiger partial charge in [0.15, 0.2) is 0 Å². The minimum atomic E-state index is 0.293. The normalized spacial score (nSPS) is 15.9. The van der Waals surface area contributed by atoms with Crippen LogP contribution >= 0.6 is 11.6 Å². The monoisotopic (exact) mass is 278 g/mol. The third-order valence-corrected chi connectivity index (χ3v) is 4.13. The maximum atomic E-state index is 8.85. The molecule has 0 bridgehead atoms. The van der Waals surface area contributed by atoms with Crippen LogP contribution in [0.3, 0.4) is 0 Å². The van der Waals surface area contributed by atoms with Crippen LogP contribution in [0, 0.1) is 0 Å². The lowest BCUT2D eigenvalue weighted by molar-refractivity contribution is 0.229. The number of nitrogens with zero attached hydrogens (tertiary/aromatic N) is 1. The molecule has 1 aromatic heterocycles. The average molecular weight is 279 g/mol. The fourth-order valence-electron chi connectivity index (χ4n) is 2.88. The molecule has 1 aliphatic heterocycles. The van der Waals surface area contributed by atoms with E-state index >= 15 is 0 Å². The van der Waals surface area contributed by atoms with Crippen molar-refractivity contribution in [2.45, 2.75) is 25.8 Å². The highest BCUT2D eigenvalue weighted by Gasteiger charge is 2.20. The van der Waals surface area contributed by atoms with E-state index in [1.54, 1.807) is 0 Å². The first-order chi connectivity index (χ1) is 9.28. The van der Waals surface area contributed by atoms with Gasteiger partial charge in [-0.3, -0.25) is 4.90 Å². The number of benzene rings is 1. The van der Waals surface area contributed by atoms with Crippen molar-refractivity contribution < 1.29 is 5.11 Å². The Labute approximate surface area is 118 Å². The van der Waals surface area contributed by atoms with Gasteiger partial charge in [0, 0.05) is 47.7 Å². The Morgan fingerprint density at radius 2 is 2.21 bits per heavy atom. The number of rotatable bonds is 4. The molecule has 0 radical (unpaired) electrons. The number of unbranched alkanes of at least 4 members (excludes halogenated alkanes) is 1. The summed E-state index contributed by atoms with van der Waals surface area (Å²) < 4.78 is 0. The van der Waals surface area contributed by atoms with Gasteiger partial charge in [0.1, 0.15) is 0 Å². The van der Waals surface area contributed by atoms with E-state index in [9.17, 15) is 0 Å². The summed E-state index contributed by atoms with van der Waals surface area (Å²) in [4.78, 5) is 5.97. The van der Waals surface area contributed by atoms with Crippen molar-refractivity contribution in [1.29, 1.82) is 0 Å². The fraction of sp³-hybridized carbons (Fsp3) is 0.467. The molecule has 2 heterocycles. The molecule has 3 rings (SSSR count). The number of H-pyrrole nitrogens is 1. The zero-order valence-electron chi connectivity index (χ0n) is 11.0. The minimum absolute atomic E-state index is 0.293. The molecule has 0 amide bonds. The Bertz CT molecular complexity index is 579. The van der Waals surface area contributed by atoms with Crippen LogP contribution in [0.5, 0.6) is 0 Å². The summed E-state index contributed by atoms with van der Waals surface area (Å²) in [6.45, 7) is 3.44. The molecule has 0 saturated heterocycles. The van der Waals surface area contributed by atoms with Gasteiger partial charge in [0.2, 0.25) is 0 Å². The number of aliphatic hydroxyl groups excluding tert-OH is 1. The summed E-state index contributed by atoms with van der Waals surface area (Å²) in [6.07, 6.45) is 3.03. The van der Waals surface area contributed by atoms with E-state index in [2.05, 4.69) is 22.0 Å². The predicted molar refractivity (Wildman–Crippen MR) is 78.6 cm³/mol. The molecule has 0 saturated carbocycles. The summed E-state index contributed by atoms with van der Waals surface area (Å²) in [5.74, 6) is 0. The Morgan fingerprint density at radius 3 is 3.05 bits per heavy atom. The molecule has 0 aliphatic carbocycles. The standard InChI is InChI=1S/C15H19ClN2O/c16-11-3-4-14-12(9-11)13-10-18(6-1-2-8-19)7-5-15(13)17-14/h3-4,9,17,19H,1-2,5-8,10H2. The quantitative estimate of drug-likeness (QED) is 0.844. The Balaban J connectivity index is 1.82. The first kappa shape index (κ1) is 13.0. The number of nitrogens with one attached hydrogen (secondary N) is 1. The molecule has 2 N–H and O–H groups in total. The van der Waals surface area contributed by atoms with Gasteiger partial charge >= 0.3 is 0 Å². The predicted octanol–water partition coefficient (Wildman–Crippen LogP) is 2.95. The molecule has 0 fully saturated rings. The van der Waals surface area contributed by atoms with Gasteiger partial charge in [0.05, 0.1) is 0 Å². The van der Waals surface area contributed by atoms with Crippen molar-refractivity contribution in [2.75, 3.05) is 19.7 Å². The van der Waals surface area contributed by atoms with E-state index < -0.39 is 0 Å². The van der Waals surface area contributed by atoms with E-state index in [0.29, 0.717) is 6.61 Å². The highest BCUT2D eigenvalue weighted by atomic mass is 35.5. The van der Waals surface area contributed by atoms with Gasteiger partial charge in [-0.05, 0) is 43.1 Å². The zero-order chi connectivity index (χ0) is 13.2. The third kappa shape index (κ3) is 2.64. The fourth-order valence-corrected chi connectivity index (χ4v) is 3.05. The average Bonchev–Trinajstić information content (AvgIpc) is 2.77. The Hall–Kier alpha value is -1.03. The molecule has 3 nitrogen and oxygen atoms in total. The number of hydrogen-bond donors (Lipinski definition) is 2. The molecule has 102 valence electrons. The van der Waals surface area contributed by atoms with Crippen LogP contribution in [-0.4, -0.2) is 34.7 Å². The number of aliphatic hydroxyl groups is 1. The summed E-state index contributed by atoms with van der Waals surface area (Å²) in [5, 5.41) is 10.9. The lowest BCUT2D eigenvalue weighted by Gasteiger charge is -2.26. The topological polar surface area (TPSA) is 39.3 Å². The molecule has 0 unspecified atom stereocenters. The van der Waals surface area contributed by atoms with Gasteiger partial charge in [-0.25, -0.2) is 0 Å². The van der Waals surface area contributed by atoms with Crippen molar-refractivity contribution in [3.63, 3.8) is 0 Å². The van der Waals surface area contributed by atoms with Gasteiger partial charge in [-0.2, -0.15) is 0 Å². The number of aromatic amines is 1. The minimum Gasteiger partial charge on any atom is -0.396 e.